The van der Waals surface area contributed by atoms with Crippen molar-refractivity contribution in [2.24, 2.45) is 4.99 Å². The molecule has 2 aromatic rings. The Labute approximate surface area is 135 Å². The Morgan fingerprint density at radius 1 is 1.30 bits per heavy atom. The van der Waals surface area contributed by atoms with Crippen molar-refractivity contribution >= 4 is 11.6 Å². The number of aromatic nitrogens is 2. The van der Waals surface area contributed by atoms with Crippen molar-refractivity contribution in [2.45, 2.75) is 13.0 Å². The molecular formula is C16H21N5O2. The normalized spacial score (nSPS) is 14.2. The van der Waals surface area contributed by atoms with Gasteiger partial charge in [-0.05, 0) is 18.2 Å². The summed E-state index contributed by atoms with van der Waals surface area (Å²) in [5, 5.41) is 10.7. The minimum atomic E-state index is 0.674. The van der Waals surface area contributed by atoms with Crippen molar-refractivity contribution in [3.63, 3.8) is 0 Å². The van der Waals surface area contributed by atoms with Crippen LogP contribution in [0.3, 0.4) is 0 Å². The van der Waals surface area contributed by atoms with Crippen LogP contribution in [0.1, 0.15) is 6.42 Å². The van der Waals surface area contributed by atoms with E-state index in [0.29, 0.717) is 19.2 Å². The molecular weight excluding hydrogens is 294 g/mol. The van der Waals surface area contributed by atoms with Crippen LogP contribution in [-0.2, 0) is 6.54 Å². The Morgan fingerprint density at radius 2 is 2.17 bits per heavy atom. The maximum absolute atomic E-state index is 5.70. The number of nitrogens with zero attached hydrogens (tertiary/aromatic N) is 3. The van der Waals surface area contributed by atoms with Crippen LogP contribution < -0.4 is 20.1 Å². The van der Waals surface area contributed by atoms with E-state index in [4.69, 9.17) is 9.47 Å². The summed E-state index contributed by atoms with van der Waals surface area (Å²) in [4.78, 5) is 4.23. The van der Waals surface area contributed by atoms with Gasteiger partial charge in [-0.25, -0.2) is 0 Å². The molecule has 7 nitrogen and oxygen atoms in total. The first-order chi connectivity index (χ1) is 11.3. The van der Waals surface area contributed by atoms with E-state index >= 15 is 0 Å². The average Bonchev–Trinajstić information content (AvgIpc) is 2.98. The molecule has 0 saturated carbocycles. The maximum Gasteiger partial charge on any atom is 0.195 e. The molecule has 0 aliphatic carbocycles. The predicted molar refractivity (Wildman–Crippen MR) is 89.3 cm³/mol. The van der Waals surface area contributed by atoms with Crippen LogP contribution in [0.25, 0.3) is 0 Å². The van der Waals surface area contributed by atoms with Gasteiger partial charge in [-0.15, -0.1) is 0 Å². The summed E-state index contributed by atoms with van der Waals surface area (Å²) in [7, 11) is 1.74. The minimum absolute atomic E-state index is 0.674. The second-order valence-corrected chi connectivity index (χ2v) is 5.11. The van der Waals surface area contributed by atoms with Gasteiger partial charge >= 0.3 is 0 Å². The van der Waals surface area contributed by atoms with Gasteiger partial charge in [0.1, 0.15) is 0 Å². The van der Waals surface area contributed by atoms with E-state index in [2.05, 4.69) is 20.7 Å². The number of benzene rings is 1. The molecule has 0 spiro atoms. The number of hydrogen-bond acceptors (Lipinski definition) is 4. The maximum atomic E-state index is 5.70. The second kappa shape index (κ2) is 7.53. The summed E-state index contributed by atoms with van der Waals surface area (Å²) >= 11 is 0. The number of rotatable bonds is 4. The van der Waals surface area contributed by atoms with Gasteiger partial charge in [0.25, 0.3) is 0 Å². The molecule has 1 aliphatic heterocycles. The molecule has 3 rings (SSSR count). The van der Waals surface area contributed by atoms with Crippen LogP contribution >= 0.6 is 0 Å². The molecule has 122 valence electrons. The van der Waals surface area contributed by atoms with Crippen molar-refractivity contribution in [1.82, 2.24) is 15.1 Å². The summed E-state index contributed by atoms with van der Waals surface area (Å²) < 4.78 is 13.2. The molecule has 1 aromatic heterocycles. The fourth-order valence-electron chi connectivity index (χ4n) is 2.28. The van der Waals surface area contributed by atoms with Gasteiger partial charge in [-0.2, -0.15) is 5.10 Å². The standard InChI is InChI=1S/C16H21N5O2/c1-17-16(18-7-9-21-8-2-6-19-21)20-13-4-5-14-15(12-13)23-11-3-10-22-14/h2,4-6,8,12H,3,7,9-11H2,1H3,(H2,17,18,20). The highest BCUT2D eigenvalue weighted by Crippen LogP contribution is 2.32. The molecule has 0 unspecified atom stereocenters. The minimum Gasteiger partial charge on any atom is -0.490 e. The van der Waals surface area contributed by atoms with Gasteiger partial charge < -0.3 is 20.1 Å². The molecule has 1 aromatic carbocycles. The zero-order valence-corrected chi connectivity index (χ0v) is 13.2. The highest BCUT2D eigenvalue weighted by atomic mass is 16.5. The molecule has 0 saturated heterocycles. The van der Waals surface area contributed by atoms with Gasteiger partial charge in [0.05, 0.1) is 19.8 Å². The molecule has 2 N–H and O–H groups in total. The monoisotopic (exact) mass is 315 g/mol. The van der Waals surface area contributed by atoms with E-state index in [1.165, 1.54) is 0 Å². The van der Waals surface area contributed by atoms with Gasteiger partial charge in [0.2, 0.25) is 0 Å². The van der Waals surface area contributed by atoms with Crippen LogP contribution in [0.2, 0.25) is 0 Å². The van der Waals surface area contributed by atoms with Crippen molar-refractivity contribution in [2.75, 3.05) is 32.1 Å². The number of hydrogen-bond donors (Lipinski definition) is 2. The highest BCUT2D eigenvalue weighted by molar-refractivity contribution is 5.93. The lowest BCUT2D eigenvalue weighted by Crippen LogP contribution is -2.33. The molecule has 0 bridgehead atoms. The quantitative estimate of drug-likeness (QED) is 0.664. The zero-order valence-electron chi connectivity index (χ0n) is 13.2. The fourth-order valence-corrected chi connectivity index (χ4v) is 2.28. The Balaban J connectivity index is 1.57. The summed E-state index contributed by atoms with van der Waals surface area (Å²) in [5.74, 6) is 2.25. The highest BCUT2D eigenvalue weighted by Gasteiger charge is 2.11. The summed E-state index contributed by atoms with van der Waals surface area (Å²) in [6.45, 7) is 2.87. The van der Waals surface area contributed by atoms with Crippen LogP contribution in [0.4, 0.5) is 5.69 Å². The third-order valence-corrected chi connectivity index (χ3v) is 3.43. The van der Waals surface area contributed by atoms with E-state index in [1.54, 1.807) is 13.2 Å². The average molecular weight is 315 g/mol. The smallest absolute Gasteiger partial charge is 0.195 e. The summed E-state index contributed by atoms with van der Waals surface area (Å²) in [6.07, 6.45) is 4.60. The molecule has 0 amide bonds. The van der Waals surface area contributed by atoms with Gasteiger partial charge in [0, 0.05) is 44.2 Å². The van der Waals surface area contributed by atoms with Crippen molar-refractivity contribution in [1.29, 1.82) is 0 Å². The lowest BCUT2D eigenvalue weighted by atomic mass is 10.3. The van der Waals surface area contributed by atoms with Crippen molar-refractivity contribution in [3.05, 3.63) is 36.7 Å². The lowest BCUT2D eigenvalue weighted by molar-refractivity contribution is 0.297. The lowest BCUT2D eigenvalue weighted by Gasteiger charge is -2.14. The molecule has 0 fully saturated rings. The van der Waals surface area contributed by atoms with Crippen LogP contribution in [-0.4, -0.2) is 42.5 Å². The number of aliphatic imine (C=N–C) groups is 1. The molecule has 2 heterocycles. The SMILES string of the molecule is CN=C(NCCn1cccn1)Nc1ccc2c(c1)OCCCO2. The zero-order chi connectivity index (χ0) is 15.9. The number of fused-ring (bicyclic) bond motifs is 1. The second-order valence-electron chi connectivity index (χ2n) is 5.11. The summed E-state index contributed by atoms with van der Waals surface area (Å²) in [5.41, 5.74) is 0.904. The van der Waals surface area contributed by atoms with Crippen LogP contribution in [0.5, 0.6) is 11.5 Å². The largest absolute Gasteiger partial charge is 0.490 e. The molecule has 0 atom stereocenters. The molecule has 0 radical (unpaired) electrons. The van der Waals surface area contributed by atoms with Crippen LogP contribution in [0, 0.1) is 0 Å². The Bertz CT molecular complexity index is 654. The topological polar surface area (TPSA) is 72.7 Å². The first-order valence-electron chi connectivity index (χ1n) is 7.70. The first-order valence-corrected chi connectivity index (χ1v) is 7.70. The number of anilines is 1. The number of nitrogens with one attached hydrogen (secondary N) is 2. The Morgan fingerprint density at radius 3 is 2.96 bits per heavy atom. The number of guanidine groups is 1. The number of ether oxygens (including phenoxy) is 2. The van der Waals surface area contributed by atoms with E-state index in [-0.39, 0.29) is 0 Å². The van der Waals surface area contributed by atoms with Gasteiger partial charge in [-0.3, -0.25) is 9.67 Å². The van der Waals surface area contributed by atoms with E-state index in [0.717, 1.165) is 36.7 Å². The predicted octanol–water partition coefficient (Wildman–Crippen LogP) is 1.73. The van der Waals surface area contributed by atoms with E-state index < -0.39 is 0 Å². The Hall–Kier alpha value is -2.70. The first kappa shape index (κ1) is 15.2. The third kappa shape index (κ3) is 4.15. The molecule has 23 heavy (non-hydrogen) atoms. The van der Waals surface area contributed by atoms with Crippen LogP contribution in [0.15, 0.2) is 41.7 Å². The molecule has 7 heteroatoms. The third-order valence-electron chi connectivity index (χ3n) is 3.43. The van der Waals surface area contributed by atoms with E-state index in [9.17, 15) is 0 Å². The van der Waals surface area contributed by atoms with Crippen molar-refractivity contribution in [3.8, 4) is 11.5 Å². The van der Waals surface area contributed by atoms with E-state index in [1.807, 2.05) is 35.1 Å². The van der Waals surface area contributed by atoms with Gasteiger partial charge in [-0.1, -0.05) is 0 Å². The summed E-state index contributed by atoms with van der Waals surface area (Å²) in [6, 6.07) is 7.71. The van der Waals surface area contributed by atoms with Crippen molar-refractivity contribution < 1.29 is 9.47 Å². The fraction of sp³-hybridized carbons (Fsp3) is 0.375. The van der Waals surface area contributed by atoms with Gasteiger partial charge in [0.15, 0.2) is 17.5 Å². The Kier molecular flexibility index (Phi) is 4.98. The molecule has 1 aliphatic rings.